The molecule has 1 atom stereocenters. The van der Waals surface area contributed by atoms with Crippen LogP contribution in [0.15, 0.2) is 43.0 Å². The van der Waals surface area contributed by atoms with Gasteiger partial charge in [0.2, 0.25) is 0 Å². The number of alkyl halides is 2. The van der Waals surface area contributed by atoms with E-state index < -0.39 is 6.43 Å². The number of halogens is 2. The van der Waals surface area contributed by atoms with E-state index in [0.29, 0.717) is 5.69 Å². The molecule has 0 saturated heterocycles. The van der Waals surface area contributed by atoms with Crippen molar-refractivity contribution in [3.05, 3.63) is 54.1 Å². The van der Waals surface area contributed by atoms with Gasteiger partial charge >= 0.3 is 0 Å². The van der Waals surface area contributed by atoms with Crippen LogP contribution in [-0.4, -0.2) is 22.6 Å². The van der Waals surface area contributed by atoms with E-state index in [9.17, 15) is 8.78 Å². The van der Waals surface area contributed by atoms with Gasteiger partial charge in [0.1, 0.15) is 0 Å². The molecule has 1 aliphatic rings. The normalized spacial score (nSPS) is 19.1. The van der Waals surface area contributed by atoms with Crippen molar-refractivity contribution < 1.29 is 8.78 Å². The largest absolute Gasteiger partial charge is 0.368 e. The lowest BCUT2D eigenvalue weighted by molar-refractivity contribution is 0.151. The van der Waals surface area contributed by atoms with Gasteiger partial charge in [-0.25, -0.2) is 13.8 Å². The lowest BCUT2D eigenvalue weighted by Crippen LogP contribution is -2.44. The Morgan fingerprint density at radius 3 is 2.77 bits per heavy atom. The number of likely N-dealkylation sites (N-methyl/N-ethyl adjacent to an activating group) is 1. The van der Waals surface area contributed by atoms with Gasteiger partial charge in [-0.3, -0.25) is 0 Å². The molecule has 4 nitrogen and oxygen atoms in total. The van der Waals surface area contributed by atoms with E-state index in [0.717, 1.165) is 18.5 Å². The first-order chi connectivity index (χ1) is 12.3. The third kappa shape index (κ3) is 3.34. The number of anilines is 1. The quantitative estimate of drug-likeness (QED) is 0.786. The molecule has 0 aliphatic heterocycles. The molecule has 0 spiro atoms. The average Bonchev–Trinajstić information content (AvgIpc) is 3.15. The first-order valence-electron chi connectivity index (χ1n) is 8.57. The summed E-state index contributed by atoms with van der Waals surface area (Å²) in [5, 5.41) is 9.05. The second-order valence-electron chi connectivity index (χ2n) is 7.36. The fourth-order valence-corrected chi connectivity index (χ4v) is 3.58. The van der Waals surface area contributed by atoms with Crippen LogP contribution in [-0.2, 0) is 0 Å². The van der Waals surface area contributed by atoms with E-state index in [1.165, 1.54) is 12.1 Å². The van der Waals surface area contributed by atoms with Gasteiger partial charge in [0.15, 0.2) is 0 Å². The molecule has 0 radical (unpaired) electrons. The van der Waals surface area contributed by atoms with Crippen LogP contribution in [0.4, 0.5) is 14.5 Å². The fraction of sp³-hybridized carbons (Fsp3) is 0.400. The Bertz CT molecular complexity index is 847. The molecule has 0 fully saturated rings. The second-order valence-corrected chi connectivity index (χ2v) is 7.36. The van der Waals surface area contributed by atoms with Crippen molar-refractivity contribution in [2.24, 2.45) is 5.41 Å². The number of allylic oxidation sites excluding steroid dienone is 1. The second kappa shape index (κ2) is 6.91. The van der Waals surface area contributed by atoms with Crippen LogP contribution in [0, 0.1) is 16.7 Å². The number of hydrogen-bond acceptors (Lipinski definition) is 3. The van der Waals surface area contributed by atoms with Gasteiger partial charge in [-0.1, -0.05) is 13.8 Å². The molecule has 1 aliphatic carbocycles. The molecule has 1 aromatic heterocycles. The molecule has 3 rings (SSSR count). The monoisotopic (exact) mass is 356 g/mol. The van der Waals surface area contributed by atoms with Crippen molar-refractivity contribution in [2.45, 2.75) is 39.2 Å². The van der Waals surface area contributed by atoms with Crippen molar-refractivity contribution >= 4 is 11.4 Å². The van der Waals surface area contributed by atoms with Crippen LogP contribution < -0.4 is 4.90 Å². The predicted octanol–water partition coefficient (Wildman–Crippen LogP) is 4.86. The van der Waals surface area contributed by atoms with E-state index >= 15 is 0 Å². The first-order valence-corrected chi connectivity index (χ1v) is 8.57. The molecule has 2 aromatic rings. The molecule has 0 saturated carbocycles. The molecule has 0 N–H and O–H groups in total. The van der Waals surface area contributed by atoms with Crippen molar-refractivity contribution in [2.75, 3.05) is 11.9 Å². The Labute approximate surface area is 152 Å². The highest BCUT2D eigenvalue weighted by molar-refractivity contribution is 5.58. The van der Waals surface area contributed by atoms with Crippen LogP contribution in [0.3, 0.4) is 0 Å². The Kier molecular flexibility index (Phi) is 4.82. The smallest absolute Gasteiger partial charge is 0.265 e. The third-order valence-corrected chi connectivity index (χ3v) is 5.23. The molecular weight excluding hydrogens is 334 g/mol. The molecule has 136 valence electrons. The van der Waals surface area contributed by atoms with Crippen molar-refractivity contribution in [1.82, 2.24) is 9.55 Å². The number of rotatable bonds is 4. The summed E-state index contributed by atoms with van der Waals surface area (Å²) in [7, 11) is 1.91. The van der Waals surface area contributed by atoms with Gasteiger partial charge in [0.25, 0.3) is 6.43 Å². The van der Waals surface area contributed by atoms with Crippen molar-refractivity contribution in [1.29, 1.82) is 5.26 Å². The van der Waals surface area contributed by atoms with E-state index in [-0.39, 0.29) is 22.6 Å². The minimum absolute atomic E-state index is 0.0161. The van der Waals surface area contributed by atoms with Crippen LogP contribution in [0.2, 0.25) is 0 Å². The van der Waals surface area contributed by atoms with E-state index in [1.54, 1.807) is 18.6 Å². The number of benzene rings is 1. The Morgan fingerprint density at radius 1 is 1.38 bits per heavy atom. The molecular formula is C20H22F2N4. The third-order valence-electron chi connectivity index (χ3n) is 5.23. The Balaban J connectivity index is 1.99. The number of nitrogens with zero attached hydrogens (tertiary/aromatic N) is 4. The molecule has 0 amide bonds. The van der Waals surface area contributed by atoms with Crippen LogP contribution in [0.5, 0.6) is 0 Å². The molecule has 1 aromatic carbocycles. The summed E-state index contributed by atoms with van der Waals surface area (Å²) in [4.78, 5) is 6.12. The van der Waals surface area contributed by atoms with Crippen LogP contribution >= 0.6 is 0 Å². The minimum atomic E-state index is -2.67. The zero-order valence-electron chi connectivity index (χ0n) is 15.2. The topological polar surface area (TPSA) is 44.9 Å². The molecule has 1 unspecified atom stereocenters. The van der Waals surface area contributed by atoms with E-state index in [1.807, 2.05) is 28.8 Å². The van der Waals surface area contributed by atoms with Crippen LogP contribution in [0.1, 0.15) is 44.2 Å². The summed E-state index contributed by atoms with van der Waals surface area (Å²) in [6, 6.07) is 6.52. The predicted molar refractivity (Wildman–Crippen MR) is 97.8 cm³/mol. The highest BCUT2D eigenvalue weighted by Gasteiger charge is 2.35. The van der Waals surface area contributed by atoms with Crippen molar-refractivity contribution in [3.8, 4) is 6.07 Å². The number of imidazole rings is 1. The van der Waals surface area contributed by atoms with Gasteiger partial charge in [0.05, 0.1) is 24.0 Å². The molecule has 1 heterocycles. The molecule has 0 bridgehead atoms. The summed E-state index contributed by atoms with van der Waals surface area (Å²) in [5.41, 5.74) is 1.62. The summed E-state index contributed by atoms with van der Waals surface area (Å²) in [6.45, 7) is 4.38. The molecule has 6 heteroatoms. The lowest BCUT2D eigenvalue weighted by Gasteiger charge is -2.43. The standard InChI is InChI=1S/C20H22F2N4/c1-20(2)7-6-16(26-9-8-24-13-26)11-18(20)25(3)15-5-4-14(12-23)17(10-15)19(21)22/h4-5,8-11,13,18-19H,6-7H2,1-3H3. The summed E-state index contributed by atoms with van der Waals surface area (Å²) >= 11 is 0. The average molecular weight is 356 g/mol. The van der Waals surface area contributed by atoms with E-state index in [4.69, 9.17) is 5.26 Å². The zero-order chi connectivity index (χ0) is 18.9. The number of aromatic nitrogens is 2. The highest BCUT2D eigenvalue weighted by Crippen LogP contribution is 2.40. The highest BCUT2D eigenvalue weighted by atomic mass is 19.3. The fourth-order valence-electron chi connectivity index (χ4n) is 3.58. The first kappa shape index (κ1) is 18.1. The van der Waals surface area contributed by atoms with Gasteiger partial charge < -0.3 is 9.47 Å². The SMILES string of the molecule is CN(c1ccc(C#N)c(C(F)F)c1)C1C=C(n2ccnc2)CCC1(C)C. The Morgan fingerprint density at radius 2 is 2.15 bits per heavy atom. The lowest BCUT2D eigenvalue weighted by atomic mass is 9.75. The summed E-state index contributed by atoms with van der Waals surface area (Å²) < 4.78 is 28.6. The number of hydrogen-bond donors (Lipinski definition) is 0. The van der Waals surface area contributed by atoms with Crippen molar-refractivity contribution in [3.63, 3.8) is 0 Å². The Hall–Kier alpha value is -2.68. The van der Waals surface area contributed by atoms with Gasteiger partial charge in [0, 0.05) is 36.4 Å². The number of nitriles is 1. The minimum Gasteiger partial charge on any atom is -0.368 e. The molecule has 26 heavy (non-hydrogen) atoms. The maximum Gasteiger partial charge on any atom is 0.265 e. The summed E-state index contributed by atoms with van der Waals surface area (Å²) in [6.07, 6.45) is 6.86. The van der Waals surface area contributed by atoms with Gasteiger partial charge in [-0.2, -0.15) is 5.26 Å². The van der Waals surface area contributed by atoms with E-state index in [2.05, 4.69) is 24.9 Å². The van der Waals surface area contributed by atoms with Crippen LogP contribution in [0.25, 0.3) is 5.70 Å². The zero-order valence-corrected chi connectivity index (χ0v) is 15.2. The maximum absolute atomic E-state index is 13.3. The van der Waals surface area contributed by atoms with Gasteiger partial charge in [-0.05, 0) is 42.5 Å². The summed E-state index contributed by atoms with van der Waals surface area (Å²) in [5.74, 6) is 0. The maximum atomic E-state index is 13.3. The van der Waals surface area contributed by atoms with Gasteiger partial charge in [-0.15, -0.1) is 0 Å².